The zero-order valence-corrected chi connectivity index (χ0v) is 7.89. The average Bonchev–Trinajstić information content (AvgIpc) is 2.87. The van der Waals surface area contributed by atoms with Gasteiger partial charge in [0.1, 0.15) is 0 Å². The summed E-state index contributed by atoms with van der Waals surface area (Å²) in [7, 11) is 0. The van der Waals surface area contributed by atoms with Crippen molar-refractivity contribution in [3.63, 3.8) is 0 Å². The maximum atomic E-state index is 12.8. The minimum Gasteiger partial charge on any atom is -0.325 e. The van der Waals surface area contributed by atoms with Gasteiger partial charge in [-0.2, -0.15) is 0 Å². The molecular weight excluding hydrogens is 184 g/mol. The minimum absolute atomic E-state index is 0.0230. The summed E-state index contributed by atoms with van der Waals surface area (Å²) >= 11 is 0. The number of halogens is 2. The molecule has 0 amide bonds. The summed E-state index contributed by atoms with van der Waals surface area (Å²) in [6.07, 6.45) is 3.69. The highest BCUT2D eigenvalue weighted by Gasteiger charge is 2.37. The molecule has 2 rings (SSSR count). The van der Waals surface area contributed by atoms with Crippen LogP contribution in [0.3, 0.4) is 0 Å². The Labute approximate surface area is 81.9 Å². The molecule has 0 aliphatic heterocycles. The van der Waals surface area contributed by atoms with E-state index in [1.807, 2.05) is 0 Å². The molecule has 1 saturated carbocycles. The van der Waals surface area contributed by atoms with E-state index in [0.29, 0.717) is 0 Å². The highest BCUT2D eigenvalue weighted by Crippen LogP contribution is 2.36. The van der Waals surface area contributed by atoms with Gasteiger partial charge in [0.25, 0.3) is 0 Å². The molecule has 0 heterocycles. The highest BCUT2D eigenvalue weighted by atomic mass is 19.2. The van der Waals surface area contributed by atoms with Gasteiger partial charge in [-0.25, -0.2) is 8.78 Å². The van der Waals surface area contributed by atoms with Crippen molar-refractivity contribution in [2.75, 3.05) is 0 Å². The molecule has 1 aromatic carbocycles. The predicted octanol–water partition coefficient (Wildman–Crippen LogP) is 2.39. The summed E-state index contributed by atoms with van der Waals surface area (Å²) in [5.74, 6) is -1.56. The zero-order valence-electron chi connectivity index (χ0n) is 7.89. The van der Waals surface area contributed by atoms with E-state index in [1.165, 1.54) is 12.1 Å². The molecule has 0 unspecified atom stereocenters. The van der Waals surface area contributed by atoms with E-state index < -0.39 is 11.6 Å². The molecule has 0 radical (unpaired) electrons. The second-order valence-electron chi connectivity index (χ2n) is 4.11. The molecule has 76 valence electrons. The van der Waals surface area contributed by atoms with Crippen molar-refractivity contribution in [3.05, 3.63) is 35.4 Å². The van der Waals surface area contributed by atoms with Crippen LogP contribution in [-0.2, 0) is 6.42 Å². The van der Waals surface area contributed by atoms with Gasteiger partial charge in [0, 0.05) is 5.54 Å². The fourth-order valence-corrected chi connectivity index (χ4v) is 1.50. The molecule has 2 N–H and O–H groups in total. The van der Waals surface area contributed by atoms with Crippen LogP contribution >= 0.6 is 0 Å². The maximum Gasteiger partial charge on any atom is 0.159 e. The van der Waals surface area contributed by atoms with E-state index >= 15 is 0 Å². The molecule has 0 spiro atoms. The van der Waals surface area contributed by atoms with Crippen LogP contribution in [-0.4, -0.2) is 5.54 Å². The molecule has 1 nitrogen and oxygen atoms in total. The Morgan fingerprint density at radius 1 is 1.21 bits per heavy atom. The van der Waals surface area contributed by atoms with Gasteiger partial charge in [0.2, 0.25) is 0 Å². The van der Waals surface area contributed by atoms with Crippen LogP contribution in [0, 0.1) is 11.6 Å². The topological polar surface area (TPSA) is 26.0 Å². The van der Waals surface area contributed by atoms with Gasteiger partial charge in [-0.05, 0) is 43.4 Å². The molecule has 0 aromatic heterocycles. The van der Waals surface area contributed by atoms with Crippen molar-refractivity contribution in [3.8, 4) is 0 Å². The summed E-state index contributed by atoms with van der Waals surface area (Å²) in [5, 5.41) is 0. The van der Waals surface area contributed by atoms with Crippen LogP contribution < -0.4 is 5.73 Å². The molecule has 1 aliphatic rings. The lowest BCUT2D eigenvalue weighted by atomic mass is 10.0. The second-order valence-corrected chi connectivity index (χ2v) is 4.11. The molecule has 1 aromatic rings. The standard InChI is InChI=1S/C11H13F2N/c12-9-2-1-8(7-10(9)13)3-4-11(14)5-6-11/h1-2,7H,3-6,14H2. The molecule has 1 fully saturated rings. The molecule has 1 aliphatic carbocycles. The Morgan fingerprint density at radius 3 is 2.50 bits per heavy atom. The second kappa shape index (κ2) is 3.31. The molecule has 3 heteroatoms. The van der Waals surface area contributed by atoms with Crippen molar-refractivity contribution in [1.29, 1.82) is 0 Å². The molecule has 0 bridgehead atoms. The summed E-state index contributed by atoms with van der Waals surface area (Å²) in [6.45, 7) is 0. The van der Waals surface area contributed by atoms with Gasteiger partial charge in [-0.15, -0.1) is 0 Å². The molecule has 0 saturated heterocycles. The fourth-order valence-electron chi connectivity index (χ4n) is 1.50. The number of hydrogen-bond acceptors (Lipinski definition) is 1. The van der Waals surface area contributed by atoms with Gasteiger partial charge in [0.05, 0.1) is 0 Å². The number of aryl methyl sites for hydroxylation is 1. The van der Waals surface area contributed by atoms with Gasteiger partial charge in [-0.3, -0.25) is 0 Å². The predicted molar refractivity (Wildman–Crippen MR) is 50.8 cm³/mol. The third kappa shape index (κ3) is 2.10. The number of hydrogen-bond donors (Lipinski definition) is 1. The van der Waals surface area contributed by atoms with Gasteiger partial charge in [-0.1, -0.05) is 6.07 Å². The third-order valence-corrected chi connectivity index (χ3v) is 2.79. The maximum absolute atomic E-state index is 12.8. The summed E-state index contributed by atoms with van der Waals surface area (Å²) in [4.78, 5) is 0. The first-order chi connectivity index (χ1) is 6.59. The summed E-state index contributed by atoms with van der Waals surface area (Å²) in [5.41, 5.74) is 6.69. The van der Waals surface area contributed by atoms with Gasteiger partial charge < -0.3 is 5.73 Å². The van der Waals surface area contributed by atoms with Crippen molar-refractivity contribution < 1.29 is 8.78 Å². The lowest BCUT2D eigenvalue weighted by Crippen LogP contribution is -2.22. The third-order valence-electron chi connectivity index (χ3n) is 2.79. The van der Waals surface area contributed by atoms with E-state index in [9.17, 15) is 8.78 Å². The molecule has 14 heavy (non-hydrogen) atoms. The van der Waals surface area contributed by atoms with Crippen LogP contribution in [0.25, 0.3) is 0 Å². The fraction of sp³-hybridized carbons (Fsp3) is 0.455. The number of nitrogens with two attached hydrogens (primary N) is 1. The number of benzene rings is 1. The van der Waals surface area contributed by atoms with E-state index in [4.69, 9.17) is 5.73 Å². The van der Waals surface area contributed by atoms with Gasteiger partial charge in [0.15, 0.2) is 11.6 Å². The van der Waals surface area contributed by atoms with Crippen LogP contribution in [0.2, 0.25) is 0 Å². The average molecular weight is 197 g/mol. The van der Waals surface area contributed by atoms with E-state index in [-0.39, 0.29) is 5.54 Å². The van der Waals surface area contributed by atoms with E-state index in [0.717, 1.165) is 31.2 Å². The first-order valence-electron chi connectivity index (χ1n) is 4.82. The summed E-state index contributed by atoms with van der Waals surface area (Å²) < 4.78 is 25.4. The molecular formula is C11H13F2N. The highest BCUT2D eigenvalue weighted by molar-refractivity contribution is 5.19. The van der Waals surface area contributed by atoms with E-state index in [2.05, 4.69) is 0 Å². The first-order valence-corrected chi connectivity index (χ1v) is 4.82. The number of rotatable bonds is 3. The Bertz CT molecular complexity index is 345. The Balaban J connectivity index is 1.99. The smallest absolute Gasteiger partial charge is 0.159 e. The first kappa shape index (κ1) is 9.59. The van der Waals surface area contributed by atoms with Crippen LogP contribution in [0.5, 0.6) is 0 Å². The minimum atomic E-state index is -0.789. The van der Waals surface area contributed by atoms with Gasteiger partial charge >= 0.3 is 0 Å². The lowest BCUT2D eigenvalue weighted by Gasteiger charge is -2.07. The van der Waals surface area contributed by atoms with Crippen molar-refractivity contribution in [2.24, 2.45) is 5.73 Å². The zero-order chi connectivity index (χ0) is 10.2. The summed E-state index contributed by atoms with van der Waals surface area (Å²) in [6, 6.07) is 4.03. The Morgan fingerprint density at radius 2 is 1.93 bits per heavy atom. The lowest BCUT2D eigenvalue weighted by molar-refractivity contribution is 0.505. The SMILES string of the molecule is NC1(CCc2ccc(F)c(F)c2)CC1. The quantitative estimate of drug-likeness (QED) is 0.791. The largest absolute Gasteiger partial charge is 0.325 e. The van der Waals surface area contributed by atoms with E-state index in [1.54, 1.807) is 6.07 Å². The van der Waals surface area contributed by atoms with Crippen LogP contribution in [0.15, 0.2) is 18.2 Å². The monoisotopic (exact) mass is 197 g/mol. The van der Waals surface area contributed by atoms with Crippen molar-refractivity contribution in [2.45, 2.75) is 31.2 Å². The van der Waals surface area contributed by atoms with Crippen molar-refractivity contribution >= 4 is 0 Å². The van der Waals surface area contributed by atoms with Crippen LogP contribution in [0.1, 0.15) is 24.8 Å². The van der Waals surface area contributed by atoms with Crippen LogP contribution in [0.4, 0.5) is 8.78 Å². The normalized spacial score (nSPS) is 18.2. The Kier molecular flexibility index (Phi) is 2.27. The Hall–Kier alpha value is -0.960. The molecule has 0 atom stereocenters. The van der Waals surface area contributed by atoms with Crippen molar-refractivity contribution in [1.82, 2.24) is 0 Å².